The molecule has 0 bridgehead atoms. The zero-order valence-electron chi connectivity index (χ0n) is 18.6. The Morgan fingerprint density at radius 3 is 2.71 bits per heavy atom. The van der Waals surface area contributed by atoms with Gasteiger partial charge in [-0.25, -0.2) is 4.39 Å². The van der Waals surface area contributed by atoms with Crippen LogP contribution in [0.2, 0.25) is 5.02 Å². The molecule has 0 fully saturated rings. The number of anilines is 1. The predicted octanol–water partition coefficient (Wildman–Crippen LogP) is 5.10. The largest absolute Gasteiger partial charge is 0.497 e. The van der Waals surface area contributed by atoms with Gasteiger partial charge in [-0.2, -0.15) is 10.4 Å². The molecule has 4 aromatic rings. The second kappa shape index (κ2) is 9.41. The summed E-state index contributed by atoms with van der Waals surface area (Å²) < 4.78 is 26.3. The summed E-state index contributed by atoms with van der Waals surface area (Å²) in [7, 11) is 4.86. The summed E-state index contributed by atoms with van der Waals surface area (Å²) >= 11 is 6.22. The molecule has 0 aliphatic rings. The normalized spacial score (nSPS) is 10.7. The van der Waals surface area contributed by atoms with Crippen molar-refractivity contribution in [3.8, 4) is 17.6 Å². The topological polar surface area (TPSA) is 89.2 Å². The molecule has 0 aliphatic heterocycles. The molecular formula is C25H20ClFN4O3. The van der Waals surface area contributed by atoms with Crippen molar-refractivity contribution in [3.63, 3.8) is 0 Å². The van der Waals surface area contributed by atoms with Crippen LogP contribution in [0.25, 0.3) is 10.9 Å². The molecule has 0 atom stereocenters. The molecule has 9 heteroatoms. The third-order valence-corrected chi connectivity index (χ3v) is 5.86. The maximum atomic E-state index is 13.9. The van der Waals surface area contributed by atoms with Gasteiger partial charge in [-0.3, -0.25) is 9.48 Å². The lowest BCUT2D eigenvalue weighted by Gasteiger charge is -2.16. The zero-order chi connectivity index (χ0) is 24.4. The van der Waals surface area contributed by atoms with E-state index in [0.29, 0.717) is 28.1 Å². The van der Waals surface area contributed by atoms with Crippen molar-refractivity contribution in [1.82, 2.24) is 9.78 Å². The van der Waals surface area contributed by atoms with E-state index < -0.39 is 11.6 Å². The van der Waals surface area contributed by atoms with Gasteiger partial charge in [-0.05, 0) is 36.4 Å². The molecule has 0 radical (unpaired) electrons. The second-order valence-corrected chi connectivity index (χ2v) is 7.88. The third-order valence-electron chi connectivity index (χ3n) is 5.53. The zero-order valence-corrected chi connectivity index (χ0v) is 19.4. The molecule has 1 N–H and O–H groups in total. The predicted molar refractivity (Wildman–Crippen MR) is 127 cm³/mol. The average molecular weight is 479 g/mol. The number of benzene rings is 3. The van der Waals surface area contributed by atoms with E-state index in [-0.39, 0.29) is 28.3 Å². The van der Waals surface area contributed by atoms with Gasteiger partial charge in [-0.15, -0.1) is 0 Å². The van der Waals surface area contributed by atoms with Crippen LogP contribution in [-0.4, -0.2) is 29.8 Å². The third kappa shape index (κ3) is 4.14. The number of aryl methyl sites for hydroxylation is 1. The van der Waals surface area contributed by atoms with E-state index in [4.69, 9.17) is 21.1 Å². The fourth-order valence-electron chi connectivity index (χ4n) is 3.77. The summed E-state index contributed by atoms with van der Waals surface area (Å²) in [5.74, 6) is 0.0532. The van der Waals surface area contributed by atoms with Crippen molar-refractivity contribution in [2.45, 2.75) is 6.54 Å². The maximum absolute atomic E-state index is 13.9. The second-order valence-electron chi connectivity index (χ2n) is 7.47. The molecule has 0 spiro atoms. The van der Waals surface area contributed by atoms with E-state index in [2.05, 4.69) is 16.5 Å². The van der Waals surface area contributed by atoms with E-state index in [1.54, 1.807) is 44.1 Å². The highest BCUT2D eigenvalue weighted by atomic mass is 35.5. The van der Waals surface area contributed by atoms with Gasteiger partial charge in [0, 0.05) is 41.9 Å². The Kier molecular flexibility index (Phi) is 6.39. The molecule has 7 nitrogen and oxygen atoms in total. The summed E-state index contributed by atoms with van der Waals surface area (Å²) in [4.78, 5) is 13.6. The minimum atomic E-state index is -0.605. The highest BCUT2D eigenvalue weighted by molar-refractivity contribution is 6.35. The Balaban J connectivity index is 1.86. The molecule has 4 rings (SSSR count). The summed E-state index contributed by atoms with van der Waals surface area (Å²) in [5.41, 5.74) is 2.02. The van der Waals surface area contributed by atoms with E-state index in [1.807, 2.05) is 6.07 Å². The number of methoxy groups -OCH3 is 2. The number of hydrogen-bond acceptors (Lipinski definition) is 6. The molecule has 1 aromatic heterocycles. The number of aromatic nitrogens is 2. The molecule has 0 aliphatic carbocycles. The summed E-state index contributed by atoms with van der Waals surface area (Å²) in [5, 5.41) is 18.0. The van der Waals surface area contributed by atoms with Crippen molar-refractivity contribution < 1.29 is 18.7 Å². The molecule has 0 amide bonds. The number of ketones is 1. The van der Waals surface area contributed by atoms with E-state index in [9.17, 15) is 14.4 Å². The Bertz CT molecular complexity index is 1460. The van der Waals surface area contributed by atoms with E-state index in [0.717, 1.165) is 11.6 Å². The quantitative estimate of drug-likeness (QED) is 0.372. The minimum absolute atomic E-state index is 0.0357. The van der Waals surface area contributed by atoms with E-state index in [1.165, 1.54) is 18.3 Å². The van der Waals surface area contributed by atoms with Crippen LogP contribution >= 0.6 is 11.6 Å². The van der Waals surface area contributed by atoms with Gasteiger partial charge in [0.15, 0.2) is 5.78 Å². The van der Waals surface area contributed by atoms with Gasteiger partial charge in [0.1, 0.15) is 23.4 Å². The number of carbonyl (C=O) groups excluding carboxylic acids is 1. The summed E-state index contributed by atoms with van der Waals surface area (Å²) in [6, 6.07) is 12.8. The molecular weight excluding hydrogens is 459 g/mol. The Morgan fingerprint density at radius 1 is 1.21 bits per heavy atom. The first-order valence-electron chi connectivity index (χ1n) is 10.2. The number of nitrogens with zero attached hydrogens (tertiary/aromatic N) is 3. The van der Waals surface area contributed by atoms with Crippen LogP contribution in [-0.2, 0) is 13.6 Å². The number of fused-ring (bicyclic) bond motifs is 1. The summed E-state index contributed by atoms with van der Waals surface area (Å²) in [6.07, 6.45) is 1.52. The number of ether oxygens (including phenoxy) is 2. The lowest BCUT2D eigenvalue weighted by molar-refractivity contribution is 0.103. The number of nitriles is 1. The fourth-order valence-corrected chi connectivity index (χ4v) is 3.98. The van der Waals surface area contributed by atoms with Crippen LogP contribution in [0.15, 0.2) is 48.7 Å². The van der Waals surface area contributed by atoms with E-state index >= 15 is 0 Å². The monoisotopic (exact) mass is 478 g/mol. The highest BCUT2D eigenvalue weighted by Crippen LogP contribution is 2.34. The van der Waals surface area contributed by atoms with Crippen LogP contribution in [0.5, 0.6) is 11.5 Å². The Labute approximate surface area is 200 Å². The van der Waals surface area contributed by atoms with Crippen LogP contribution in [0, 0.1) is 17.1 Å². The summed E-state index contributed by atoms with van der Waals surface area (Å²) in [6.45, 7) is 0.276. The van der Waals surface area contributed by atoms with Gasteiger partial charge in [-0.1, -0.05) is 11.6 Å². The van der Waals surface area contributed by atoms with Crippen molar-refractivity contribution in [2.75, 3.05) is 19.5 Å². The number of carbonyl (C=O) groups is 1. The van der Waals surface area contributed by atoms with Gasteiger partial charge >= 0.3 is 0 Å². The molecule has 0 saturated carbocycles. The molecule has 172 valence electrons. The minimum Gasteiger partial charge on any atom is -0.497 e. The Hall–Kier alpha value is -4.09. The van der Waals surface area contributed by atoms with Gasteiger partial charge < -0.3 is 14.8 Å². The maximum Gasteiger partial charge on any atom is 0.198 e. The van der Waals surface area contributed by atoms with Gasteiger partial charge in [0.2, 0.25) is 0 Å². The SMILES string of the molecule is COc1ccc(CNc2cc3c(cnn3C)c(C#N)c2C(=O)c2cc(F)ccc2Cl)c(OC)c1. The van der Waals surface area contributed by atoms with Crippen molar-refractivity contribution >= 4 is 34.0 Å². The lowest BCUT2D eigenvalue weighted by Crippen LogP contribution is -2.12. The van der Waals surface area contributed by atoms with Gasteiger partial charge in [0.05, 0.1) is 42.1 Å². The van der Waals surface area contributed by atoms with Crippen molar-refractivity contribution in [2.24, 2.45) is 7.05 Å². The number of nitrogens with one attached hydrogen (secondary N) is 1. The molecule has 3 aromatic carbocycles. The standard InChI is InChI=1S/C25H20ClFN4O3/c1-31-22-10-21(29-12-14-4-6-16(33-2)9-23(14)34-3)24(18(11-28)19(22)13-30-31)25(32)17-8-15(27)5-7-20(17)26/h4-10,13,29H,12H2,1-3H3. The first kappa shape index (κ1) is 23.1. The van der Waals surface area contributed by atoms with Crippen LogP contribution in [0.3, 0.4) is 0 Å². The first-order valence-corrected chi connectivity index (χ1v) is 10.6. The van der Waals surface area contributed by atoms with Gasteiger partial charge in [0.25, 0.3) is 0 Å². The number of halogens is 2. The first-order chi connectivity index (χ1) is 16.4. The van der Waals surface area contributed by atoms with Crippen molar-refractivity contribution in [3.05, 3.63) is 81.8 Å². The molecule has 1 heterocycles. The number of rotatable bonds is 7. The molecule has 34 heavy (non-hydrogen) atoms. The average Bonchev–Trinajstić information content (AvgIpc) is 3.22. The highest BCUT2D eigenvalue weighted by Gasteiger charge is 2.25. The fraction of sp³-hybridized carbons (Fsp3) is 0.160. The Morgan fingerprint density at radius 2 is 2.00 bits per heavy atom. The van der Waals surface area contributed by atoms with Crippen molar-refractivity contribution in [1.29, 1.82) is 5.26 Å². The van der Waals surface area contributed by atoms with Crippen LogP contribution < -0.4 is 14.8 Å². The smallest absolute Gasteiger partial charge is 0.198 e. The van der Waals surface area contributed by atoms with Crippen LogP contribution in [0.4, 0.5) is 10.1 Å². The lowest BCUT2D eigenvalue weighted by atomic mass is 9.94. The van der Waals surface area contributed by atoms with Crippen LogP contribution in [0.1, 0.15) is 27.0 Å². The molecule has 0 unspecified atom stereocenters. The number of hydrogen-bond donors (Lipinski definition) is 1. The molecule has 0 saturated heterocycles.